The molecular formula is C24H27N3O3S. The fourth-order valence-electron chi connectivity index (χ4n) is 4.07. The Morgan fingerprint density at radius 1 is 1.13 bits per heavy atom. The van der Waals surface area contributed by atoms with Crippen LogP contribution in [0.3, 0.4) is 0 Å². The van der Waals surface area contributed by atoms with E-state index in [-0.39, 0.29) is 17.2 Å². The molecule has 2 aromatic carbocycles. The van der Waals surface area contributed by atoms with Crippen molar-refractivity contribution >= 4 is 28.6 Å². The van der Waals surface area contributed by atoms with Gasteiger partial charge in [0.2, 0.25) is 5.91 Å². The third kappa shape index (κ3) is 4.93. The summed E-state index contributed by atoms with van der Waals surface area (Å²) in [6.07, 6.45) is 6.18. The van der Waals surface area contributed by atoms with Crippen molar-refractivity contribution in [2.45, 2.75) is 37.3 Å². The van der Waals surface area contributed by atoms with Gasteiger partial charge in [-0.3, -0.25) is 14.2 Å². The number of carbonyl (C=O) groups is 1. The van der Waals surface area contributed by atoms with Crippen LogP contribution in [0.2, 0.25) is 0 Å². The van der Waals surface area contributed by atoms with Crippen molar-refractivity contribution < 1.29 is 9.53 Å². The van der Waals surface area contributed by atoms with E-state index < -0.39 is 0 Å². The number of hydrogen-bond acceptors (Lipinski definition) is 5. The minimum Gasteiger partial charge on any atom is -0.495 e. The van der Waals surface area contributed by atoms with Crippen LogP contribution in [0.4, 0.5) is 0 Å². The average Bonchev–Trinajstić information content (AvgIpc) is 2.82. The van der Waals surface area contributed by atoms with Crippen molar-refractivity contribution in [2.75, 3.05) is 19.4 Å². The van der Waals surface area contributed by atoms with Gasteiger partial charge in [-0.15, -0.1) is 0 Å². The van der Waals surface area contributed by atoms with Crippen LogP contribution in [0.25, 0.3) is 16.6 Å². The van der Waals surface area contributed by atoms with Crippen molar-refractivity contribution in [3.63, 3.8) is 0 Å². The van der Waals surface area contributed by atoms with Gasteiger partial charge in [0.15, 0.2) is 5.16 Å². The molecule has 0 aliphatic heterocycles. The molecule has 0 bridgehead atoms. The molecule has 0 radical (unpaired) electrons. The fraction of sp³-hybridized carbons (Fsp3) is 0.375. The van der Waals surface area contributed by atoms with Crippen LogP contribution in [0, 0.1) is 5.92 Å². The molecular weight excluding hydrogens is 410 g/mol. The van der Waals surface area contributed by atoms with E-state index in [2.05, 4.69) is 5.32 Å². The summed E-state index contributed by atoms with van der Waals surface area (Å²) in [5.41, 5.74) is 1.04. The number of rotatable bonds is 7. The summed E-state index contributed by atoms with van der Waals surface area (Å²) in [6.45, 7) is 0.726. The molecule has 1 amide bonds. The highest BCUT2D eigenvalue weighted by Gasteiger charge is 2.18. The Bertz CT molecular complexity index is 1120. The summed E-state index contributed by atoms with van der Waals surface area (Å²) in [5, 5.41) is 4.06. The average molecular weight is 438 g/mol. The van der Waals surface area contributed by atoms with Gasteiger partial charge >= 0.3 is 0 Å². The van der Waals surface area contributed by atoms with Crippen molar-refractivity contribution in [3.8, 4) is 11.4 Å². The van der Waals surface area contributed by atoms with Gasteiger partial charge < -0.3 is 10.1 Å². The zero-order chi connectivity index (χ0) is 21.6. The highest BCUT2D eigenvalue weighted by molar-refractivity contribution is 7.99. The van der Waals surface area contributed by atoms with E-state index in [4.69, 9.17) is 9.72 Å². The second-order valence-electron chi connectivity index (χ2n) is 7.82. The van der Waals surface area contributed by atoms with E-state index in [0.717, 1.165) is 6.54 Å². The zero-order valence-electron chi connectivity index (χ0n) is 17.7. The second-order valence-corrected chi connectivity index (χ2v) is 8.76. The van der Waals surface area contributed by atoms with Crippen molar-refractivity contribution in [1.29, 1.82) is 0 Å². The van der Waals surface area contributed by atoms with Gasteiger partial charge in [0, 0.05) is 6.54 Å². The SMILES string of the molecule is COc1ccccc1-n1c(SCC(=O)NCC2CCCCC2)nc2ccccc2c1=O. The molecule has 7 heteroatoms. The Labute approximate surface area is 186 Å². The first-order chi connectivity index (χ1) is 15.2. The number of fused-ring (bicyclic) bond motifs is 1. The van der Waals surface area contributed by atoms with Crippen LogP contribution in [-0.4, -0.2) is 34.9 Å². The number of ether oxygens (including phenoxy) is 1. The highest BCUT2D eigenvalue weighted by atomic mass is 32.2. The van der Waals surface area contributed by atoms with Crippen molar-refractivity contribution in [1.82, 2.24) is 14.9 Å². The largest absolute Gasteiger partial charge is 0.495 e. The van der Waals surface area contributed by atoms with Gasteiger partial charge in [0.05, 0.1) is 29.5 Å². The molecule has 31 heavy (non-hydrogen) atoms. The third-order valence-corrected chi connectivity index (χ3v) is 6.65. The Morgan fingerprint density at radius 2 is 1.87 bits per heavy atom. The number of thioether (sulfide) groups is 1. The predicted molar refractivity (Wildman–Crippen MR) is 124 cm³/mol. The van der Waals surface area contributed by atoms with Crippen LogP contribution in [-0.2, 0) is 4.79 Å². The lowest BCUT2D eigenvalue weighted by Gasteiger charge is -2.21. The maximum atomic E-state index is 13.3. The summed E-state index contributed by atoms with van der Waals surface area (Å²) in [6, 6.07) is 14.6. The summed E-state index contributed by atoms with van der Waals surface area (Å²) in [4.78, 5) is 30.6. The zero-order valence-corrected chi connectivity index (χ0v) is 18.5. The summed E-state index contributed by atoms with van der Waals surface area (Å²) >= 11 is 1.27. The maximum absolute atomic E-state index is 13.3. The van der Waals surface area contributed by atoms with E-state index in [1.807, 2.05) is 42.5 Å². The number of nitrogens with one attached hydrogen (secondary N) is 1. The lowest BCUT2D eigenvalue weighted by atomic mass is 9.89. The van der Waals surface area contributed by atoms with Gasteiger partial charge in [-0.2, -0.15) is 0 Å². The molecule has 1 heterocycles. The molecule has 1 aliphatic carbocycles. The first-order valence-electron chi connectivity index (χ1n) is 10.7. The number of hydrogen-bond donors (Lipinski definition) is 1. The first-order valence-corrected chi connectivity index (χ1v) is 11.7. The molecule has 1 N–H and O–H groups in total. The monoisotopic (exact) mass is 437 g/mol. The smallest absolute Gasteiger partial charge is 0.266 e. The van der Waals surface area contributed by atoms with Gasteiger partial charge in [-0.05, 0) is 43.0 Å². The molecule has 1 saturated carbocycles. The lowest BCUT2D eigenvalue weighted by molar-refractivity contribution is -0.118. The van der Waals surface area contributed by atoms with E-state index in [0.29, 0.717) is 33.4 Å². The molecule has 0 saturated heterocycles. The van der Waals surface area contributed by atoms with Gasteiger partial charge in [-0.25, -0.2) is 4.98 Å². The molecule has 3 aromatic rings. The number of carbonyl (C=O) groups excluding carboxylic acids is 1. The Kier molecular flexibility index (Phi) is 6.92. The van der Waals surface area contributed by atoms with Crippen molar-refractivity contribution in [3.05, 3.63) is 58.9 Å². The molecule has 1 fully saturated rings. The molecule has 0 atom stereocenters. The Hall–Kier alpha value is -2.80. The minimum atomic E-state index is -0.180. The van der Waals surface area contributed by atoms with Gasteiger partial charge in [-0.1, -0.05) is 55.3 Å². The topological polar surface area (TPSA) is 73.2 Å². The molecule has 0 unspecified atom stereocenters. The van der Waals surface area contributed by atoms with Crippen LogP contribution >= 0.6 is 11.8 Å². The second kappa shape index (κ2) is 10.0. The highest BCUT2D eigenvalue weighted by Crippen LogP contribution is 2.27. The number of para-hydroxylation sites is 3. The molecule has 0 spiro atoms. The molecule has 162 valence electrons. The van der Waals surface area contributed by atoms with Crippen molar-refractivity contribution in [2.24, 2.45) is 5.92 Å². The fourth-order valence-corrected chi connectivity index (χ4v) is 4.90. The van der Waals surface area contributed by atoms with E-state index in [1.165, 1.54) is 43.9 Å². The first kappa shape index (κ1) is 21.4. The molecule has 1 aromatic heterocycles. The number of benzene rings is 2. The number of nitrogens with zero attached hydrogens (tertiary/aromatic N) is 2. The van der Waals surface area contributed by atoms with E-state index >= 15 is 0 Å². The number of methoxy groups -OCH3 is 1. The normalized spacial score (nSPS) is 14.5. The number of aromatic nitrogens is 2. The standard InChI is InChI=1S/C24H27N3O3S/c1-30-21-14-8-7-13-20(21)27-23(29)18-11-5-6-12-19(18)26-24(27)31-16-22(28)25-15-17-9-3-2-4-10-17/h5-8,11-14,17H,2-4,9-10,15-16H2,1H3,(H,25,28). The van der Waals surface area contributed by atoms with E-state index in [1.54, 1.807) is 17.7 Å². The third-order valence-electron chi connectivity index (χ3n) is 5.72. The summed E-state index contributed by atoms with van der Waals surface area (Å²) in [5.74, 6) is 1.32. The maximum Gasteiger partial charge on any atom is 0.266 e. The van der Waals surface area contributed by atoms with Crippen LogP contribution in [0.5, 0.6) is 5.75 Å². The van der Waals surface area contributed by atoms with Crippen LogP contribution in [0.1, 0.15) is 32.1 Å². The van der Waals surface area contributed by atoms with E-state index in [9.17, 15) is 9.59 Å². The number of amides is 1. The van der Waals surface area contributed by atoms with Crippen LogP contribution < -0.4 is 15.6 Å². The predicted octanol–water partition coefficient (Wildman–Crippen LogP) is 4.18. The molecule has 1 aliphatic rings. The molecule has 6 nitrogen and oxygen atoms in total. The van der Waals surface area contributed by atoms with Gasteiger partial charge in [0.1, 0.15) is 5.75 Å². The summed E-state index contributed by atoms with van der Waals surface area (Å²) < 4.78 is 7.02. The Balaban J connectivity index is 1.60. The Morgan fingerprint density at radius 3 is 2.68 bits per heavy atom. The minimum absolute atomic E-state index is 0.0374. The van der Waals surface area contributed by atoms with Crippen LogP contribution in [0.15, 0.2) is 58.5 Å². The van der Waals surface area contributed by atoms with Gasteiger partial charge in [0.25, 0.3) is 5.56 Å². The quantitative estimate of drug-likeness (QED) is 0.443. The summed E-state index contributed by atoms with van der Waals surface area (Å²) in [7, 11) is 1.57. The lowest BCUT2D eigenvalue weighted by Crippen LogP contribution is -2.31. The molecule has 4 rings (SSSR count).